The third kappa shape index (κ3) is 4.00. The van der Waals surface area contributed by atoms with Crippen molar-refractivity contribution < 1.29 is 0 Å². The molecule has 1 atom stereocenters. The predicted molar refractivity (Wildman–Crippen MR) is 65.6 cm³/mol. The van der Waals surface area contributed by atoms with Gasteiger partial charge in [-0.1, -0.05) is 41.5 Å². The van der Waals surface area contributed by atoms with Crippen LogP contribution in [0.15, 0.2) is 0 Å². The van der Waals surface area contributed by atoms with E-state index >= 15 is 0 Å². The van der Waals surface area contributed by atoms with Gasteiger partial charge in [-0.2, -0.15) is 0 Å². The van der Waals surface area contributed by atoms with Crippen LogP contribution in [0.2, 0.25) is 0 Å². The summed E-state index contributed by atoms with van der Waals surface area (Å²) >= 11 is 0. The van der Waals surface area contributed by atoms with Gasteiger partial charge in [0.1, 0.15) is 0 Å². The zero-order valence-corrected chi connectivity index (χ0v) is 11.2. The Labute approximate surface area is 90.9 Å². The Bertz CT molecular complexity index is 149. The van der Waals surface area contributed by atoms with Crippen LogP contribution in [0.4, 0.5) is 0 Å². The van der Waals surface area contributed by atoms with Crippen LogP contribution in [0, 0.1) is 11.3 Å². The van der Waals surface area contributed by atoms with Gasteiger partial charge in [-0.25, -0.2) is 0 Å². The smallest absolute Gasteiger partial charge is 0.0146 e. The summed E-state index contributed by atoms with van der Waals surface area (Å²) in [4.78, 5) is 2.50. The largest absolute Gasteiger partial charge is 0.303 e. The molecule has 0 aromatic rings. The summed E-state index contributed by atoms with van der Waals surface area (Å²) in [6.07, 6.45) is 2.57. The van der Waals surface area contributed by atoms with Crippen LogP contribution in [-0.4, -0.2) is 24.5 Å². The summed E-state index contributed by atoms with van der Waals surface area (Å²) in [5, 5.41) is 0. The summed E-state index contributed by atoms with van der Waals surface area (Å²) < 4.78 is 0. The highest BCUT2D eigenvalue weighted by molar-refractivity contribution is 4.84. The standard InChI is InChI=1S/C13H29N/c1-8-13(5,6)12(10-11(3)4)14(7)9-2/h11-12H,8-10H2,1-7H3. The minimum atomic E-state index is 0.440. The van der Waals surface area contributed by atoms with Gasteiger partial charge in [-0.3, -0.25) is 0 Å². The second-order valence-electron chi connectivity index (χ2n) is 5.56. The van der Waals surface area contributed by atoms with Gasteiger partial charge >= 0.3 is 0 Å². The molecule has 1 unspecified atom stereocenters. The lowest BCUT2D eigenvalue weighted by Gasteiger charge is -2.40. The van der Waals surface area contributed by atoms with Crippen molar-refractivity contribution in [1.29, 1.82) is 0 Å². The van der Waals surface area contributed by atoms with Gasteiger partial charge < -0.3 is 4.90 Å². The monoisotopic (exact) mass is 199 g/mol. The lowest BCUT2D eigenvalue weighted by Crippen LogP contribution is -2.43. The van der Waals surface area contributed by atoms with Gasteiger partial charge in [-0.05, 0) is 37.8 Å². The second kappa shape index (κ2) is 5.75. The summed E-state index contributed by atoms with van der Waals surface area (Å²) in [7, 11) is 2.25. The molecule has 14 heavy (non-hydrogen) atoms. The van der Waals surface area contributed by atoms with Crippen molar-refractivity contribution in [2.75, 3.05) is 13.6 Å². The first-order valence-electron chi connectivity index (χ1n) is 6.05. The van der Waals surface area contributed by atoms with E-state index in [0.717, 1.165) is 18.5 Å². The van der Waals surface area contributed by atoms with Crippen LogP contribution in [0.5, 0.6) is 0 Å². The quantitative estimate of drug-likeness (QED) is 0.629. The van der Waals surface area contributed by atoms with Gasteiger partial charge in [0.15, 0.2) is 0 Å². The zero-order valence-electron chi connectivity index (χ0n) is 11.2. The van der Waals surface area contributed by atoms with Crippen molar-refractivity contribution in [3.05, 3.63) is 0 Å². The van der Waals surface area contributed by atoms with Crippen LogP contribution in [0.3, 0.4) is 0 Å². The molecule has 1 heteroatoms. The number of nitrogens with zero attached hydrogens (tertiary/aromatic N) is 1. The van der Waals surface area contributed by atoms with Crippen LogP contribution < -0.4 is 0 Å². The minimum absolute atomic E-state index is 0.440. The van der Waals surface area contributed by atoms with Crippen LogP contribution in [-0.2, 0) is 0 Å². The molecule has 0 radical (unpaired) electrons. The maximum Gasteiger partial charge on any atom is 0.0146 e. The number of rotatable bonds is 6. The van der Waals surface area contributed by atoms with E-state index in [0.29, 0.717) is 5.41 Å². The Morgan fingerprint density at radius 1 is 1.14 bits per heavy atom. The van der Waals surface area contributed by atoms with E-state index < -0.39 is 0 Å². The van der Waals surface area contributed by atoms with E-state index in [1.54, 1.807) is 0 Å². The molecule has 0 saturated carbocycles. The fourth-order valence-corrected chi connectivity index (χ4v) is 2.00. The summed E-state index contributed by atoms with van der Waals surface area (Å²) in [5.41, 5.74) is 0.440. The first kappa shape index (κ1) is 14.0. The molecule has 86 valence electrons. The molecule has 0 heterocycles. The van der Waals surface area contributed by atoms with Crippen molar-refractivity contribution in [3.8, 4) is 0 Å². The molecule has 0 N–H and O–H groups in total. The molecule has 0 rings (SSSR count). The SMILES string of the molecule is CCN(C)C(CC(C)C)C(C)(C)CC. The average molecular weight is 199 g/mol. The molecule has 0 amide bonds. The number of hydrogen-bond donors (Lipinski definition) is 0. The maximum absolute atomic E-state index is 2.50. The molecule has 0 aliphatic carbocycles. The molecule has 0 saturated heterocycles. The van der Waals surface area contributed by atoms with Gasteiger partial charge in [-0.15, -0.1) is 0 Å². The lowest BCUT2D eigenvalue weighted by atomic mass is 9.77. The molecule has 0 aromatic heterocycles. The van der Waals surface area contributed by atoms with E-state index in [-0.39, 0.29) is 0 Å². The number of hydrogen-bond acceptors (Lipinski definition) is 1. The third-order valence-corrected chi connectivity index (χ3v) is 3.54. The first-order valence-corrected chi connectivity index (χ1v) is 6.05. The molecule has 1 nitrogen and oxygen atoms in total. The second-order valence-corrected chi connectivity index (χ2v) is 5.56. The summed E-state index contributed by atoms with van der Waals surface area (Å²) in [5.74, 6) is 0.792. The highest BCUT2D eigenvalue weighted by Crippen LogP contribution is 2.32. The van der Waals surface area contributed by atoms with Crippen molar-refractivity contribution in [2.45, 2.75) is 60.4 Å². The molecule has 0 fully saturated rings. The molecule has 0 aliphatic heterocycles. The van der Waals surface area contributed by atoms with Gasteiger partial charge in [0.25, 0.3) is 0 Å². The third-order valence-electron chi connectivity index (χ3n) is 3.54. The Kier molecular flexibility index (Phi) is 5.73. The fraction of sp³-hybridized carbons (Fsp3) is 1.00. The van der Waals surface area contributed by atoms with Crippen molar-refractivity contribution in [3.63, 3.8) is 0 Å². The van der Waals surface area contributed by atoms with E-state index in [1.165, 1.54) is 12.8 Å². The Morgan fingerprint density at radius 2 is 1.64 bits per heavy atom. The Balaban J connectivity index is 4.54. The molecular weight excluding hydrogens is 170 g/mol. The van der Waals surface area contributed by atoms with E-state index in [9.17, 15) is 0 Å². The minimum Gasteiger partial charge on any atom is -0.303 e. The van der Waals surface area contributed by atoms with E-state index in [2.05, 4.69) is 53.5 Å². The van der Waals surface area contributed by atoms with Gasteiger partial charge in [0, 0.05) is 6.04 Å². The van der Waals surface area contributed by atoms with Gasteiger partial charge in [0.05, 0.1) is 0 Å². The highest BCUT2D eigenvalue weighted by Gasteiger charge is 2.30. The summed E-state index contributed by atoms with van der Waals surface area (Å²) in [6.45, 7) is 15.1. The highest BCUT2D eigenvalue weighted by atomic mass is 15.1. The fourth-order valence-electron chi connectivity index (χ4n) is 2.00. The van der Waals surface area contributed by atoms with E-state index in [4.69, 9.17) is 0 Å². The molecule has 0 aliphatic rings. The maximum atomic E-state index is 2.50. The van der Waals surface area contributed by atoms with E-state index in [1.807, 2.05) is 0 Å². The molecular formula is C13H29N. The first-order chi connectivity index (χ1) is 6.35. The molecule has 0 aromatic carbocycles. The van der Waals surface area contributed by atoms with Crippen LogP contribution in [0.1, 0.15) is 54.4 Å². The van der Waals surface area contributed by atoms with Crippen LogP contribution >= 0.6 is 0 Å². The van der Waals surface area contributed by atoms with Crippen molar-refractivity contribution in [1.82, 2.24) is 4.90 Å². The predicted octanol–water partition coefficient (Wildman–Crippen LogP) is 3.79. The van der Waals surface area contributed by atoms with Crippen molar-refractivity contribution in [2.24, 2.45) is 11.3 Å². The normalized spacial score (nSPS) is 15.2. The molecule has 0 bridgehead atoms. The topological polar surface area (TPSA) is 3.24 Å². The summed E-state index contributed by atoms with van der Waals surface area (Å²) in [6, 6.07) is 0.720. The zero-order chi connectivity index (χ0) is 11.4. The van der Waals surface area contributed by atoms with Gasteiger partial charge in [0.2, 0.25) is 0 Å². The molecule has 0 spiro atoms. The average Bonchev–Trinajstić information content (AvgIpc) is 2.12. The Morgan fingerprint density at radius 3 is 1.93 bits per heavy atom. The van der Waals surface area contributed by atoms with Crippen molar-refractivity contribution >= 4 is 0 Å². The lowest BCUT2D eigenvalue weighted by molar-refractivity contribution is 0.0929. The Hall–Kier alpha value is -0.0400. The van der Waals surface area contributed by atoms with Crippen LogP contribution in [0.25, 0.3) is 0 Å².